The fourth-order valence-electron chi connectivity index (χ4n) is 3.01. The van der Waals surface area contributed by atoms with Crippen LogP contribution in [0.15, 0.2) is 53.3 Å². The van der Waals surface area contributed by atoms with Crippen molar-refractivity contribution in [1.82, 2.24) is 9.97 Å². The van der Waals surface area contributed by atoms with Gasteiger partial charge in [0.1, 0.15) is 5.82 Å². The lowest BCUT2D eigenvalue weighted by atomic mass is 10.0. The molecule has 0 radical (unpaired) electrons. The van der Waals surface area contributed by atoms with Gasteiger partial charge < -0.3 is 9.72 Å². The number of rotatable bonds is 9. The van der Waals surface area contributed by atoms with E-state index in [2.05, 4.69) is 16.9 Å². The zero-order valence-electron chi connectivity index (χ0n) is 16.4. The maximum absolute atomic E-state index is 12.2. The molecule has 3 rings (SSSR count). The predicted octanol–water partition coefficient (Wildman–Crippen LogP) is 3.62. The van der Waals surface area contributed by atoms with Gasteiger partial charge in [0.25, 0.3) is 5.56 Å². The van der Waals surface area contributed by atoms with Crippen LogP contribution in [-0.2, 0) is 22.4 Å². The number of Topliss-reactive ketones (excluding diaryl/α,β-unsaturated/α-hetero) is 1. The molecule has 0 fully saturated rings. The lowest BCUT2D eigenvalue weighted by molar-refractivity contribution is -0.142. The SMILES string of the molecule is CCCCc1ccc(C(=O)COC(=O)CCc2nc3ccccc3c(=O)[nH]2)cc1. The maximum Gasteiger partial charge on any atom is 0.306 e. The number of esters is 1. The van der Waals surface area contributed by atoms with E-state index in [1.807, 2.05) is 12.1 Å². The highest BCUT2D eigenvalue weighted by molar-refractivity contribution is 5.97. The monoisotopic (exact) mass is 392 g/mol. The Labute approximate surface area is 168 Å². The van der Waals surface area contributed by atoms with Crippen LogP contribution in [0.2, 0.25) is 0 Å². The number of ether oxygens (including phenoxy) is 1. The van der Waals surface area contributed by atoms with Crippen molar-refractivity contribution in [2.45, 2.75) is 39.0 Å². The minimum atomic E-state index is -0.506. The number of fused-ring (bicyclic) bond motifs is 1. The van der Waals surface area contributed by atoms with Gasteiger partial charge in [0.05, 0.1) is 17.3 Å². The number of nitrogens with one attached hydrogen (secondary N) is 1. The Bertz CT molecular complexity index is 1050. The first-order chi connectivity index (χ1) is 14.1. The second kappa shape index (κ2) is 9.78. The van der Waals surface area contributed by atoms with E-state index in [0.29, 0.717) is 22.3 Å². The highest BCUT2D eigenvalue weighted by Crippen LogP contribution is 2.10. The molecule has 1 aromatic heterocycles. The van der Waals surface area contributed by atoms with Crippen molar-refractivity contribution in [1.29, 1.82) is 0 Å². The first kappa shape index (κ1) is 20.5. The van der Waals surface area contributed by atoms with E-state index in [1.165, 1.54) is 5.56 Å². The Morgan fingerprint density at radius 1 is 1.03 bits per heavy atom. The van der Waals surface area contributed by atoms with Gasteiger partial charge in [-0.3, -0.25) is 14.4 Å². The number of carbonyl (C=O) groups excluding carboxylic acids is 2. The molecule has 6 heteroatoms. The summed E-state index contributed by atoms with van der Waals surface area (Å²) in [5.74, 6) is -0.328. The number of carbonyl (C=O) groups is 2. The molecule has 1 heterocycles. The van der Waals surface area contributed by atoms with Crippen molar-refractivity contribution in [2.75, 3.05) is 6.61 Å². The maximum atomic E-state index is 12.2. The van der Waals surface area contributed by atoms with Gasteiger partial charge in [-0.2, -0.15) is 0 Å². The molecule has 0 atom stereocenters. The number of unbranched alkanes of at least 4 members (excludes halogenated alkanes) is 1. The van der Waals surface area contributed by atoms with Crippen LogP contribution in [0.1, 0.15) is 47.9 Å². The molecule has 1 N–H and O–H groups in total. The van der Waals surface area contributed by atoms with E-state index in [0.717, 1.165) is 19.3 Å². The minimum absolute atomic E-state index is 0.0323. The van der Waals surface area contributed by atoms with E-state index in [-0.39, 0.29) is 30.8 Å². The topological polar surface area (TPSA) is 89.1 Å². The summed E-state index contributed by atoms with van der Waals surface area (Å²) in [4.78, 5) is 43.2. The number of aromatic nitrogens is 2. The number of aryl methyl sites for hydroxylation is 2. The van der Waals surface area contributed by atoms with Crippen molar-refractivity contribution in [3.63, 3.8) is 0 Å². The second-order valence-electron chi connectivity index (χ2n) is 6.91. The van der Waals surface area contributed by atoms with E-state index in [1.54, 1.807) is 36.4 Å². The first-order valence-electron chi connectivity index (χ1n) is 9.82. The number of hydrogen-bond acceptors (Lipinski definition) is 5. The number of para-hydroxylation sites is 1. The Morgan fingerprint density at radius 3 is 2.55 bits per heavy atom. The summed E-state index contributed by atoms with van der Waals surface area (Å²) in [6.45, 7) is 1.84. The van der Waals surface area contributed by atoms with Gasteiger partial charge in [-0.25, -0.2) is 4.98 Å². The minimum Gasteiger partial charge on any atom is -0.457 e. The van der Waals surface area contributed by atoms with Gasteiger partial charge in [0.15, 0.2) is 12.4 Å². The molecule has 0 unspecified atom stereocenters. The predicted molar refractivity (Wildman–Crippen MR) is 111 cm³/mol. The van der Waals surface area contributed by atoms with Gasteiger partial charge in [0.2, 0.25) is 0 Å². The summed E-state index contributed by atoms with van der Waals surface area (Å²) in [5, 5.41) is 0.505. The third-order valence-corrected chi connectivity index (χ3v) is 4.69. The van der Waals surface area contributed by atoms with Gasteiger partial charge in [-0.05, 0) is 30.5 Å². The molecule has 0 aliphatic heterocycles. The molecule has 0 spiro atoms. The molecule has 0 amide bonds. The summed E-state index contributed by atoms with van der Waals surface area (Å²) in [5.41, 5.74) is 2.06. The summed E-state index contributed by atoms with van der Waals surface area (Å²) in [7, 11) is 0. The van der Waals surface area contributed by atoms with Crippen LogP contribution in [-0.4, -0.2) is 28.3 Å². The van der Waals surface area contributed by atoms with Crippen LogP contribution >= 0.6 is 0 Å². The van der Waals surface area contributed by atoms with Crippen LogP contribution < -0.4 is 5.56 Å². The summed E-state index contributed by atoms with van der Waals surface area (Å²) < 4.78 is 5.08. The number of H-pyrrole nitrogens is 1. The second-order valence-corrected chi connectivity index (χ2v) is 6.91. The van der Waals surface area contributed by atoms with E-state index in [9.17, 15) is 14.4 Å². The summed E-state index contributed by atoms with van der Waals surface area (Å²) in [6.07, 6.45) is 3.50. The summed E-state index contributed by atoms with van der Waals surface area (Å²) >= 11 is 0. The lowest BCUT2D eigenvalue weighted by Crippen LogP contribution is -2.16. The van der Waals surface area contributed by atoms with Crippen molar-refractivity contribution in [2.24, 2.45) is 0 Å². The molecular weight excluding hydrogens is 368 g/mol. The molecule has 150 valence electrons. The van der Waals surface area contributed by atoms with Crippen molar-refractivity contribution in [3.05, 3.63) is 75.8 Å². The average molecular weight is 392 g/mol. The Morgan fingerprint density at radius 2 is 1.79 bits per heavy atom. The Balaban J connectivity index is 1.49. The highest BCUT2D eigenvalue weighted by Gasteiger charge is 2.11. The first-order valence-corrected chi connectivity index (χ1v) is 9.82. The molecule has 0 aliphatic rings. The molecule has 29 heavy (non-hydrogen) atoms. The van der Waals surface area contributed by atoms with Crippen LogP contribution in [0.4, 0.5) is 0 Å². The van der Waals surface area contributed by atoms with Crippen LogP contribution in [0.5, 0.6) is 0 Å². The largest absolute Gasteiger partial charge is 0.457 e. The van der Waals surface area contributed by atoms with E-state index in [4.69, 9.17) is 4.74 Å². The zero-order valence-corrected chi connectivity index (χ0v) is 16.4. The number of hydrogen-bond donors (Lipinski definition) is 1. The molecular formula is C23H24N2O4. The van der Waals surface area contributed by atoms with Gasteiger partial charge >= 0.3 is 5.97 Å². The quantitative estimate of drug-likeness (QED) is 0.444. The molecule has 3 aromatic rings. The van der Waals surface area contributed by atoms with Crippen molar-refractivity contribution < 1.29 is 14.3 Å². The molecule has 0 aliphatic carbocycles. The summed E-state index contributed by atoms with van der Waals surface area (Å²) in [6, 6.07) is 14.4. The number of benzene rings is 2. The van der Waals surface area contributed by atoms with Crippen molar-refractivity contribution >= 4 is 22.7 Å². The van der Waals surface area contributed by atoms with Gasteiger partial charge in [-0.15, -0.1) is 0 Å². The van der Waals surface area contributed by atoms with Gasteiger partial charge in [0, 0.05) is 12.0 Å². The Hall–Kier alpha value is -3.28. The normalized spacial score (nSPS) is 10.8. The zero-order chi connectivity index (χ0) is 20.6. The van der Waals surface area contributed by atoms with Gasteiger partial charge in [-0.1, -0.05) is 49.7 Å². The third kappa shape index (κ3) is 5.60. The standard InChI is InChI=1S/C23H24N2O4/c1-2-3-6-16-9-11-17(12-10-16)20(26)15-29-22(27)14-13-21-24-19-8-5-4-7-18(19)23(28)25-21/h4-5,7-12H,2-3,6,13-15H2,1H3,(H,24,25,28). The number of nitrogens with zero attached hydrogens (tertiary/aromatic N) is 1. The van der Waals surface area contributed by atoms with Crippen LogP contribution in [0.3, 0.4) is 0 Å². The lowest BCUT2D eigenvalue weighted by Gasteiger charge is -2.06. The fourth-order valence-corrected chi connectivity index (χ4v) is 3.01. The van der Waals surface area contributed by atoms with Crippen molar-refractivity contribution in [3.8, 4) is 0 Å². The smallest absolute Gasteiger partial charge is 0.306 e. The molecule has 6 nitrogen and oxygen atoms in total. The number of aromatic amines is 1. The third-order valence-electron chi connectivity index (χ3n) is 4.69. The molecule has 0 saturated heterocycles. The Kier molecular flexibility index (Phi) is 6.89. The average Bonchev–Trinajstić information content (AvgIpc) is 2.75. The van der Waals surface area contributed by atoms with E-state index >= 15 is 0 Å². The van der Waals surface area contributed by atoms with Crippen LogP contribution in [0, 0.1) is 0 Å². The number of ketones is 1. The molecule has 0 saturated carbocycles. The van der Waals surface area contributed by atoms with E-state index < -0.39 is 5.97 Å². The van der Waals surface area contributed by atoms with Crippen LogP contribution in [0.25, 0.3) is 10.9 Å². The highest BCUT2D eigenvalue weighted by atomic mass is 16.5. The molecule has 0 bridgehead atoms. The fraction of sp³-hybridized carbons (Fsp3) is 0.304. The molecule has 2 aromatic carbocycles.